The molecule has 0 radical (unpaired) electrons. The molecule has 0 amide bonds. The molecule has 4 rings (SSSR count). The van der Waals surface area contributed by atoms with Crippen LogP contribution in [-0.2, 0) is 0 Å². The van der Waals surface area contributed by atoms with Gasteiger partial charge < -0.3 is 14.2 Å². The first-order chi connectivity index (χ1) is 12.8. The summed E-state index contributed by atoms with van der Waals surface area (Å²) in [6, 6.07) is 16.1. The van der Waals surface area contributed by atoms with Crippen LogP contribution in [0.15, 0.2) is 67.0 Å². The highest BCUT2D eigenvalue weighted by Crippen LogP contribution is 2.32. The van der Waals surface area contributed by atoms with Crippen molar-refractivity contribution in [2.45, 2.75) is 0 Å². The summed E-state index contributed by atoms with van der Waals surface area (Å²) >= 11 is 0. The first-order valence-corrected chi connectivity index (χ1v) is 8.08. The van der Waals surface area contributed by atoms with Crippen LogP contribution in [0, 0.1) is 0 Å². The summed E-state index contributed by atoms with van der Waals surface area (Å²) in [4.78, 5) is 16.3. The molecule has 0 saturated carbocycles. The molecular formula is C21H15NO4. The number of aromatic nitrogens is 1. The van der Waals surface area contributed by atoms with Crippen molar-refractivity contribution in [2.24, 2.45) is 0 Å². The van der Waals surface area contributed by atoms with E-state index >= 15 is 0 Å². The maximum absolute atomic E-state index is 12.3. The zero-order chi connectivity index (χ0) is 17.8. The molecule has 3 aromatic rings. The highest BCUT2D eigenvalue weighted by molar-refractivity contribution is 5.92. The topological polar surface area (TPSA) is 57.7 Å². The van der Waals surface area contributed by atoms with E-state index in [-0.39, 0.29) is 6.79 Å². The predicted molar refractivity (Wildman–Crippen MR) is 97.1 cm³/mol. The van der Waals surface area contributed by atoms with Gasteiger partial charge in [0, 0.05) is 12.4 Å². The summed E-state index contributed by atoms with van der Waals surface area (Å²) in [6.07, 6.45) is 7.48. The lowest BCUT2D eigenvalue weighted by atomic mass is 10.1. The van der Waals surface area contributed by atoms with E-state index in [0.29, 0.717) is 22.8 Å². The van der Waals surface area contributed by atoms with E-state index in [2.05, 4.69) is 4.98 Å². The first-order valence-electron chi connectivity index (χ1n) is 8.08. The van der Waals surface area contributed by atoms with Crippen LogP contribution in [0.3, 0.4) is 0 Å². The van der Waals surface area contributed by atoms with Gasteiger partial charge in [-0.1, -0.05) is 24.3 Å². The second-order valence-electron chi connectivity index (χ2n) is 5.64. The molecular weight excluding hydrogens is 330 g/mol. The van der Waals surface area contributed by atoms with E-state index in [1.807, 2.05) is 36.4 Å². The normalized spacial score (nSPS) is 12.3. The molecule has 0 spiro atoms. The van der Waals surface area contributed by atoms with Gasteiger partial charge >= 0.3 is 5.97 Å². The van der Waals surface area contributed by atoms with Gasteiger partial charge in [-0.2, -0.15) is 0 Å². The number of benzene rings is 2. The molecule has 5 nitrogen and oxygen atoms in total. The Kier molecular flexibility index (Phi) is 4.35. The summed E-state index contributed by atoms with van der Waals surface area (Å²) in [5.41, 5.74) is 2.49. The van der Waals surface area contributed by atoms with Crippen molar-refractivity contribution in [2.75, 3.05) is 6.79 Å². The molecule has 0 unspecified atom stereocenters. The standard InChI is InChI=1S/C21H15NO4/c23-21(17-5-8-19-20(13-17)25-14-24-19)26-18-6-3-15(4-7-18)1-2-16-9-11-22-12-10-16/h1-13H,14H2. The molecule has 0 N–H and O–H groups in total. The molecule has 5 heteroatoms. The Morgan fingerprint density at radius 3 is 2.35 bits per heavy atom. The largest absolute Gasteiger partial charge is 0.454 e. The second-order valence-corrected chi connectivity index (χ2v) is 5.64. The summed E-state index contributed by atoms with van der Waals surface area (Å²) in [7, 11) is 0. The van der Waals surface area contributed by atoms with Gasteiger partial charge in [0.1, 0.15) is 5.75 Å². The van der Waals surface area contributed by atoms with E-state index in [1.54, 1.807) is 42.7 Å². The quantitative estimate of drug-likeness (QED) is 0.524. The summed E-state index contributed by atoms with van der Waals surface area (Å²) in [5.74, 6) is 1.22. The fourth-order valence-electron chi connectivity index (χ4n) is 2.50. The molecule has 1 aliphatic heterocycles. The molecule has 2 aromatic carbocycles. The van der Waals surface area contributed by atoms with Crippen molar-refractivity contribution < 1.29 is 19.0 Å². The Balaban J connectivity index is 1.42. The monoisotopic (exact) mass is 345 g/mol. The number of esters is 1. The molecule has 128 valence electrons. The number of carbonyl (C=O) groups is 1. The lowest BCUT2D eigenvalue weighted by molar-refractivity contribution is 0.0734. The Hall–Kier alpha value is -3.60. The van der Waals surface area contributed by atoms with E-state index < -0.39 is 5.97 Å². The Morgan fingerprint density at radius 2 is 1.58 bits per heavy atom. The second kappa shape index (κ2) is 7.11. The van der Waals surface area contributed by atoms with Crippen LogP contribution in [0.2, 0.25) is 0 Å². The van der Waals surface area contributed by atoms with Gasteiger partial charge in [0.2, 0.25) is 6.79 Å². The smallest absolute Gasteiger partial charge is 0.343 e. The number of ether oxygens (including phenoxy) is 3. The summed E-state index contributed by atoms with van der Waals surface area (Å²) in [5, 5.41) is 0. The predicted octanol–water partition coefficient (Wildman–Crippen LogP) is 4.20. The van der Waals surface area contributed by atoms with Crippen molar-refractivity contribution in [3.8, 4) is 17.2 Å². The van der Waals surface area contributed by atoms with E-state index in [1.165, 1.54) is 0 Å². The fourth-order valence-corrected chi connectivity index (χ4v) is 2.50. The van der Waals surface area contributed by atoms with Gasteiger partial charge in [0.15, 0.2) is 11.5 Å². The summed E-state index contributed by atoms with van der Waals surface area (Å²) in [6.45, 7) is 0.169. The Labute approximate surface area is 150 Å². The van der Waals surface area contributed by atoms with Gasteiger partial charge in [-0.3, -0.25) is 4.98 Å². The van der Waals surface area contributed by atoms with Gasteiger partial charge in [-0.05, 0) is 53.6 Å². The number of rotatable bonds is 4. The van der Waals surface area contributed by atoms with E-state index in [9.17, 15) is 4.79 Å². The highest BCUT2D eigenvalue weighted by atomic mass is 16.7. The SMILES string of the molecule is O=C(Oc1ccc(C=Cc2ccncc2)cc1)c1ccc2c(c1)OCO2. The van der Waals surface area contributed by atoms with Crippen LogP contribution in [0.5, 0.6) is 17.2 Å². The number of hydrogen-bond donors (Lipinski definition) is 0. The van der Waals surface area contributed by atoms with Crippen LogP contribution in [0.1, 0.15) is 21.5 Å². The summed E-state index contributed by atoms with van der Waals surface area (Å²) < 4.78 is 15.9. The highest BCUT2D eigenvalue weighted by Gasteiger charge is 2.17. The van der Waals surface area contributed by atoms with Crippen LogP contribution in [0.4, 0.5) is 0 Å². The Morgan fingerprint density at radius 1 is 0.885 bits per heavy atom. The first kappa shape index (κ1) is 15.9. The zero-order valence-corrected chi connectivity index (χ0v) is 13.8. The number of pyridine rings is 1. The fraction of sp³-hybridized carbons (Fsp3) is 0.0476. The molecule has 26 heavy (non-hydrogen) atoms. The van der Waals surface area contributed by atoms with E-state index in [4.69, 9.17) is 14.2 Å². The van der Waals surface area contributed by atoms with Gasteiger partial charge in [-0.15, -0.1) is 0 Å². The van der Waals surface area contributed by atoms with Crippen molar-refractivity contribution in [1.29, 1.82) is 0 Å². The lowest BCUT2D eigenvalue weighted by Gasteiger charge is -2.05. The van der Waals surface area contributed by atoms with Crippen LogP contribution in [0.25, 0.3) is 12.2 Å². The van der Waals surface area contributed by atoms with Crippen molar-refractivity contribution in [3.05, 3.63) is 83.7 Å². The number of carbonyl (C=O) groups excluding carboxylic acids is 1. The maximum Gasteiger partial charge on any atom is 0.343 e. The minimum absolute atomic E-state index is 0.169. The number of fused-ring (bicyclic) bond motifs is 1. The van der Waals surface area contributed by atoms with E-state index in [0.717, 1.165) is 11.1 Å². The zero-order valence-electron chi connectivity index (χ0n) is 13.8. The molecule has 2 heterocycles. The molecule has 0 atom stereocenters. The molecule has 0 saturated heterocycles. The van der Waals surface area contributed by atoms with Crippen molar-refractivity contribution in [1.82, 2.24) is 4.98 Å². The van der Waals surface area contributed by atoms with Crippen LogP contribution < -0.4 is 14.2 Å². The lowest BCUT2D eigenvalue weighted by Crippen LogP contribution is -2.08. The van der Waals surface area contributed by atoms with Gasteiger partial charge in [0.05, 0.1) is 5.56 Å². The molecule has 1 aliphatic rings. The molecule has 0 aliphatic carbocycles. The average molecular weight is 345 g/mol. The Bertz CT molecular complexity index is 950. The van der Waals surface area contributed by atoms with Crippen LogP contribution in [-0.4, -0.2) is 17.7 Å². The molecule has 0 bridgehead atoms. The van der Waals surface area contributed by atoms with Gasteiger partial charge in [-0.25, -0.2) is 4.79 Å². The molecule has 0 fully saturated rings. The minimum atomic E-state index is -0.441. The maximum atomic E-state index is 12.3. The number of nitrogens with zero attached hydrogens (tertiary/aromatic N) is 1. The minimum Gasteiger partial charge on any atom is -0.454 e. The third kappa shape index (κ3) is 3.57. The van der Waals surface area contributed by atoms with Crippen molar-refractivity contribution in [3.63, 3.8) is 0 Å². The average Bonchev–Trinajstić information content (AvgIpc) is 3.16. The van der Waals surface area contributed by atoms with Gasteiger partial charge in [0.25, 0.3) is 0 Å². The molecule has 1 aromatic heterocycles. The van der Waals surface area contributed by atoms with Crippen molar-refractivity contribution >= 4 is 18.1 Å². The van der Waals surface area contributed by atoms with Crippen LogP contribution >= 0.6 is 0 Å². The number of hydrogen-bond acceptors (Lipinski definition) is 5. The third-order valence-corrected chi connectivity index (χ3v) is 3.87. The third-order valence-electron chi connectivity index (χ3n) is 3.87.